The summed E-state index contributed by atoms with van der Waals surface area (Å²) in [6.07, 6.45) is 2.58. The molecule has 0 radical (unpaired) electrons. The first-order chi connectivity index (χ1) is 17.9. The van der Waals surface area contributed by atoms with E-state index in [-0.39, 0.29) is 29.3 Å². The van der Waals surface area contributed by atoms with Crippen LogP contribution in [0.1, 0.15) is 50.3 Å². The number of aryl methyl sites for hydroxylation is 3. The summed E-state index contributed by atoms with van der Waals surface area (Å²) in [4.78, 5) is 24.8. The van der Waals surface area contributed by atoms with Crippen LogP contribution in [0.2, 0.25) is 0 Å². The Morgan fingerprint density at radius 2 is 1.76 bits per heavy atom. The van der Waals surface area contributed by atoms with Crippen LogP contribution in [0.5, 0.6) is 17.2 Å². The summed E-state index contributed by atoms with van der Waals surface area (Å²) in [5, 5.41) is 13.6. The highest BCUT2D eigenvalue weighted by molar-refractivity contribution is 5.80. The molecule has 1 amide bonds. The Morgan fingerprint density at radius 3 is 2.37 bits per heavy atom. The van der Waals surface area contributed by atoms with Crippen molar-refractivity contribution in [1.29, 1.82) is 0 Å². The van der Waals surface area contributed by atoms with Crippen LogP contribution in [0.4, 0.5) is 4.39 Å². The molecule has 0 atom stereocenters. The van der Waals surface area contributed by atoms with Crippen LogP contribution in [0.25, 0.3) is 11.1 Å². The molecular weight excluding hydrogens is 487 g/mol. The maximum Gasteiger partial charge on any atom is 0.254 e. The Balaban J connectivity index is 1.78. The lowest BCUT2D eigenvalue weighted by atomic mass is 9.81. The van der Waals surface area contributed by atoms with E-state index < -0.39 is 5.60 Å². The first kappa shape index (κ1) is 27.4. The van der Waals surface area contributed by atoms with Gasteiger partial charge in [-0.15, -0.1) is 0 Å². The highest BCUT2D eigenvalue weighted by atomic mass is 19.1. The van der Waals surface area contributed by atoms with E-state index in [1.165, 1.54) is 22.8 Å². The van der Waals surface area contributed by atoms with E-state index in [0.29, 0.717) is 64.5 Å². The van der Waals surface area contributed by atoms with E-state index in [0.717, 1.165) is 0 Å². The van der Waals surface area contributed by atoms with Gasteiger partial charge in [-0.3, -0.25) is 9.59 Å². The van der Waals surface area contributed by atoms with Gasteiger partial charge in [0.1, 0.15) is 29.2 Å². The summed E-state index contributed by atoms with van der Waals surface area (Å²) in [7, 11) is 1.65. The smallest absolute Gasteiger partial charge is 0.254 e. The molecule has 1 aromatic heterocycles. The molecule has 7 nitrogen and oxygen atoms in total. The summed E-state index contributed by atoms with van der Waals surface area (Å²) in [6.45, 7) is 9.39. The molecule has 1 aliphatic carbocycles. The number of aliphatic hydroxyl groups is 1. The van der Waals surface area contributed by atoms with Gasteiger partial charge >= 0.3 is 0 Å². The first-order valence-electron chi connectivity index (χ1n) is 12.8. The fourth-order valence-electron chi connectivity index (χ4n) is 4.66. The molecule has 38 heavy (non-hydrogen) atoms. The van der Waals surface area contributed by atoms with Crippen molar-refractivity contribution in [2.24, 2.45) is 13.0 Å². The molecule has 0 aliphatic heterocycles. The topological polar surface area (TPSA) is 89.8 Å². The van der Waals surface area contributed by atoms with Gasteiger partial charge in [0.05, 0.1) is 5.60 Å². The highest BCUT2D eigenvalue weighted by Crippen LogP contribution is 2.43. The predicted octanol–water partition coefficient (Wildman–Crippen LogP) is 5.12. The molecule has 8 heteroatoms. The van der Waals surface area contributed by atoms with Crippen molar-refractivity contribution in [2.75, 3.05) is 6.54 Å². The van der Waals surface area contributed by atoms with Gasteiger partial charge in [-0.2, -0.15) is 0 Å². The van der Waals surface area contributed by atoms with Crippen LogP contribution in [0.3, 0.4) is 0 Å². The van der Waals surface area contributed by atoms with Gasteiger partial charge in [-0.25, -0.2) is 4.39 Å². The van der Waals surface area contributed by atoms with Gasteiger partial charge in [0.25, 0.3) is 5.56 Å². The fourth-order valence-corrected chi connectivity index (χ4v) is 4.66. The number of rotatable bonds is 8. The number of aromatic nitrogens is 1. The van der Waals surface area contributed by atoms with E-state index in [4.69, 9.17) is 9.47 Å². The average Bonchev–Trinajstić information content (AvgIpc) is 2.80. The number of nitrogens with zero attached hydrogens (tertiary/aromatic N) is 1. The second kappa shape index (κ2) is 10.6. The Morgan fingerprint density at radius 1 is 1.11 bits per heavy atom. The molecule has 1 saturated carbocycles. The number of hydrogen-bond donors (Lipinski definition) is 2. The Bertz CT molecular complexity index is 1390. The molecule has 0 spiro atoms. The third kappa shape index (κ3) is 5.75. The number of amides is 1. The minimum absolute atomic E-state index is 0.00940. The number of carbonyl (C=O) groups is 1. The number of ether oxygens (including phenoxy) is 2. The predicted molar refractivity (Wildman–Crippen MR) is 144 cm³/mol. The minimum atomic E-state index is -1.13. The van der Waals surface area contributed by atoms with Gasteiger partial charge in [0.2, 0.25) is 5.91 Å². The molecule has 202 valence electrons. The van der Waals surface area contributed by atoms with E-state index in [1.54, 1.807) is 53.1 Å². The summed E-state index contributed by atoms with van der Waals surface area (Å²) in [5.41, 5.74) is 1.77. The molecule has 1 fully saturated rings. The summed E-state index contributed by atoms with van der Waals surface area (Å²) in [5.74, 6) is 0.919. The SMILES string of the molecule is CCNC(=O)C1CC(Oc2cc(=O)n(C)cc2-c2cc(C(C)(C)O)ccc2Oc2c(C)cc(F)cc2C)C1. The van der Waals surface area contributed by atoms with Crippen molar-refractivity contribution in [3.63, 3.8) is 0 Å². The molecule has 2 N–H and O–H groups in total. The molecule has 1 heterocycles. The van der Waals surface area contributed by atoms with Crippen molar-refractivity contribution in [3.8, 4) is 28.4 Å². The maximum absolute atomic E-state index is 13.9. The number of pyridine rings is 1. The molecule has 0 saturated heterocycles. The fraction of sp³-hybridized carbons (Fsp3) is 0.400. The second-order valence-electron chi connectivity index (χ2n) is 10.5. The zero-order valence-electron chi connectivity index (χ0n) is 22.7. The van der Waals surface area contributed by atoms with Crippen LogP contribution in [-0.4, -0.2) is 28.2 Å². The number of halogens is 1. The third-order valence-electron chi connectivity index (χ3n) is 6.91. The van der Waals surface area contributed by atoms with Crippen LogP contribution in [0, 0.1) is 25.6 Å². The lowest BCUT2D eigenvalue weighted by molar-refractivity contribution is -0.130. The van der Waals surface area contributed by atoms with Crippen molar-refractivity contribution >= 4 is 5.91 Å². The molecular formula is C30H35FN2O5. The Labute approximate surface area is 222 Å². The van der Waals surface area contributed by atoms with E-state index in [1.807, 2.05) is 13.0 Å². The van der Waals surface area contributed by atoms with Crippen LogP contribution in [0.15, 0.2) is 47.4 Å². The van der Waals surface area contributed by atoms with Gasteiger partial charge in [-0.05, 0) is 88.4 Å². The monoisotopic (exact) mass is 522 g/mol. The number of benzene rings is 2. The highest BCUT2D eigenvalue weighted by Gasteiger charge is 2.36. The lowest BCUT2D eigenvalue weighted by Crippen LogP contribution is -2.43. The zero-order valence-corrected chi connectivity index (χ0v) is 22.7. The van der Waals surface area contributed by atoms with Crippen LogP contribution in [-0.2, 0) is 17.4 Å². The molecule has 1 aliphatic rings. The summed E-state index contributed by atoms with van der Waals surface area (Å²) in [6, 6.07) is 9.61. The lowest BCUT2D eigenvalue weighted by Gasteiger charge is -2.34. The molecule has 0 bridgehead atoms. The van der Waals surface area contributed by atoms with E-state index in [9.17, 15) is 19.1 Å². The Hall–Kier alpha value is -3.65. The van der Waals surface area contributed by atoms with Crippen molar-refractivity contribution < 1.29 is 23.8 Å². The van der Waals surface area contributed by atoms with Gasteiger partial charge in [0.15, 0.2) is 0 Å². The van der Waals surface area contributed by atoms with Crippen molar-refractivity contribution in [3.05, 3.63) is 75.5 Å². The largest absolute Gasteiger partial charge is 0.489 e. The standard InChI is InChI=1S/C30H35FN2O5/c1-7-32-29(35)19-12-22(13-19)37-26-15-27(34)33(6)16-24(26)23-14-20(30(4,5)36)8-9-25(23)38-28-17(2)10-21(31)11-18(28)3/h8-11,14-16,19,22,36H,7,12-13H2,1-6H3,(H,32,35). The van der Waals surface area contributed by atoms with Gasteiger partial charge in [-0.1, -0.05) is 6.07 Å². The molecule has 0 unspecified atom stereocenters. The molecule has 3 aromatic rings. The quantitative estimate of drug-likeness (QED) is 0.429. The van der Waals surface area contributed by atoms with Crippen molar-refractivity contribution in [2.45, 2.75) is 59.2 Å². The minimum Gasteiger partial charge on any atom is -0.489 e. The zero-order chi connectivity index (χ0) is 27.8. The summed E-state index contributed by atoms with van der Waals surface area (Å²) >= 11 is 0. The Kier molecular flexibility index (Phi) is 7.65. The van der Waals surface area contributed by atoms with E-state index in [2.05, 4.69) is 5.32 Å². The van der Waals surface area contributed by atoms with Gasteiger partial charge < -0.3 is 24.5 Å². The number of hydrogen-bond acceptors (Lipinski definition) is 5. The van der Waals surface area contributed by atoms with Crippen molar-refractivity contribution in [1.82, 2.24) is 9.88 Å². The molecule has 4 rings (SSSR count). The normalized spacial score (nSPS) is 17.1. The summed E-state index contributed by atoms with van der Waals surface area (Å²) < 4.78 is 28.0. The number of carbonyl (C=O) groups excluding carboxylic acids is 1. The van der Waals surface area contributed by atoms with E-state index >= 15 is 0 Å². The average molecular weight is 523 g/mol. The maximum atomic E-state index is 13.9. The third-order valence-corrected chi connectivity index (χ3v) is 6.91. The first-order valence-corrected chi connectivity index (χ1v) is 12.8. The second-order valence-corrected chi connectivity index (χ2v) is 10.5. The van der Waals surface area contributed by atoms with Crippen LogP contribution < -0.4 is 20.3 Å². The molecule has 2 aromatic carbocycles. The van der Waals surface area contributed by atoms with Crippen LogP contribution >= 0.6 is 0 Å². The van der Waals surface area contributed by atoms with Gasteiger partial charge in [0, 0.05) is 42.9 Å². The number of nitrogens with one attached hydrogen (secondary N) is 1.